The van der Waals surface area contributed by atoms with Crippen molar-refractivity contribution in [3.63, 3.8) is 0 Å². The Bertz CT molecular complexity index is 621. The first kappa shape index (κ1) is 13.1. The zero-order valence-corrected chi connectivity index (χ0v) is 10.8. The summed E-state index contributed by atoms with van der Waals surface area (Å²) in [6, 6.07) is 4.60. The lowest BCUT2D eigenvalue weighted by Gasteiger charge is -2.07. The molecule has 1 heterocycles. The van der Waals surface area contributed by atoms with Crippen LogP contribution in [-0.4, -0.2) is 15.7 Å². The molecule has 2 aromatic rings. The monoisotopic (exact) mass is 262 g/mol. The van der Waals surface area contributed by atoms with Crippen LogP contribution in [0.25, 0.3) is 0 Å². The van der Waals surface area contributed by atoms with Crippen LogP contribution >= 0.6 is 0 Å². The van der Waals surface area contributed by atoms with Crippen LogP contribution in [0.5, 0.6) is 0 Å². The SMILES string of the molecule is Cc1cc(N)cc(C(=O)NCc2ccn(C)n2)c1F. The second kappa shape index (κ2) is 5.09. The number of amides is 1. The molecule has 1 aromatic heterocycles. The Morgan fingerprint density at radius 3 is 2.89 bits per heavy atom. The summed E-state index contributed by atoms with van der Waals surface area (Å²) in [5, 5.41) is 6.73. The van der Waals surface area contributed by atoms with Gasteiger partial charge in [0.15, 0.2) is 0 Å². The lowest BCUT2D eigenvalue weighted by molar-refractivity contribution is 0.0946. The van der Waals surface area contributed by atoms with Gasteiger partial charge in [-0.25, -0.2) is 4.39 Å². The molecule has 0 aliphatic heterocycles. The third-order valence-electron chi connectivity index (χ3n) is 2.72. The van der Waals surface area contributed by atoms with E-state index in [0.717, 1.165) is 0 Å². The number of nitrogen functional groups attached to an aromatic ring is 1. The zero-order valence-electron chi connectivity index (χ0n) is 10.8. The highest BCUT2D eigenvalue weighted by atomic mass is 19.1. The molecule has 1 aromatic carbocycles. The van der Waals surface area contributed by atoms with Crippen molar-refractivity contribution in [2.24, 2.45) is 7.05 Å². The van der Waals surface area contributed by atoms with Crippen molar-refractivity contribution in [1.82, 2.24) is 15.1 Å². The van der Waals surface area contributed by atoms with Gasteiger partial charge in [0.25, 0.3) is 5.91 Å². The zero-order chi connectivity index (χ0) is 14.0. The molecule has 1 amide bonds. The van der Waals surface area contributed by atoms with Crippen molar-refractivity contribution < 1.29 is 9.18 Å². The van der Waals surface area contributed by atoms with Gasteiger partial charge in [-0.05, 0) is 30.7 Å². The first-order chi connectivity index (χ1) is 8.97. The third-order valence-corrected chi connectivity index (χ3v) is 2.72. The van der Waals surface area contributed by atoms with Gasteiger partial charge in [-0.3, -0.25) is 9.48 Å². The molecule has 2 rings (SSSR count). The van der Waals surface area contributed by atoms with Crippen LogP contribution in [0, 0.1) is 12.7 Å². The summed E-state index contributed by atoms with van der Waals surface area (Å²) in [6.45, 7) is 1.81. The molecular formula is C13H15FN4O. The van der Waals surface area contributed by atoms with E-state index < -0.39 is 11.7 Å². The Labute approximate surface area is 110 Å². The summed E-state index contributed by atoms with van der Waals surface area (Å²) in [6.07, 6.45) is 1.77. The Morgan fingerprint density at radius 2 is 2.26 bits per heavy atom. The number of aromatic nitrogens is 2. The van der Waals surface area contributed by atoms with Gasteiger partial charge in [-0.15, -0.1) is 0 Å². The Balaban J connectivity index is 2.12. The molecule has 19 heavy (non-hydrogen) atoms. The fraction of sp³-hybridized carbons (Fsp3) is 0.231. The summed E-state index contributed by atoms with van der Waals surface area (Å²) in [7, 11) is 1.78. The van der Waals surface area contributed by atoms with Crippen molar-refractivity contribution in [3.05, 3.63) is 47.0 Å². The Morgan fingerprint density at radius 1 is 1.53 bits per heavy atom. The number of halogens is 1. The maximum absolute atomic E-state index is 13.8. The number of rotatable bonds is 3. The minimum Gasteiger partial charge on any atom is -0.399 e. The Kier molecular flexibility index (Phi) is 3.50. The molecule has 6 heteroatoms. The highest BCUT2D eigenvalue weighted by Crippen LogP contribution is 2.17. The van der Waals surface area contributed by atoms with Gasteiger partial charge in [-0.2, -0.15) is 5.10 Å². The van der Waals surface area contributed by atoms with Crippen LogP contribution in [0.4, 0.5) is 10.1 Å². The maximum atomic E-state index is 13.8. The molecule has 0 aliphatic carbocycles. The lowest BCUT2D eigenvalue weighted by atomic mass is 10.1. The number of benzene rings is 1. The Hall–Kier alpha value is -2.37. The van der Waals surface area contributed by atoms with Crippen molar-refractivity contribution in [1.29, 1.82) is 0 Å². The number of aryl methyl sites for hydroxylation is 2. The molecule has 0 radical (unpaired) electrons. The summed E-state index contributed by atoms with van der Waals surface area (Å²) in [4.78, 5) is 11.9. The molecule has 3 N–H and O–H groups in total. The van der Waals surface area contributed by atoms with E-state index in [1.54, 1.807) is 30.9 Å². The molecule has 0 spiro atoms. The minimum absolute atomic E-state index is 0.0477. The number of carbonyl (C=O) groups is 1. The summed E-state index contributed by atoms with van der Waals surface area (Å²) in [5.74, 6) is -1.05. The second-order valence-electron chi connectivity index (χ2n) is 4.36. The fourth-order valence-electron chi connectivity index (χ4n) is 1.79. The van der Waals surface area contributed by atoms with Gasteiger partial charge in [0.2, 0.25) is 0 Å². The predicted octanol–water partition coefficient (Wildman–Crippen LogP) is 1.38. The first-order valence-electron chi connectivity index (χ1n) is 5.79. The van der Waals surface area contributed by atoms with Gasteiger partial charge in [0, 0.05) is 18.9 Å². The number of hydrogen-bond donors (Lipinski definition) is 2. The molecular weight excluding hydrogens is 247 g/mol. The van der Waals surface area contributed by atoms with E-state index in [4.69, 9.17) is 5.73 Å². The van der Waals surface area contributed by atoms with Crippen LogP contribution < -0.4 is 11.1 Å². The van der Waals surface area contributed by atoms with Crippen LogP contribution in [0.15, 0.2) is 24.4 Å². The summed E-state index contributed by atoms with van der Waals surface area (Å²) < 4.78 is 15.5. The molecule has 0 saturated heterocycles. The first-order valence-corrected chi connectivity index (χ1v) is 5.79. The molecule has 0 unspecified atom stereocenters. The normalized spacial score (nSPS) is 10.5. The van der Waals surface area contributed by atoms with Crippen LogP contribution in [0.2, 0.25) is 0 Å². The van der Waals surface area contributed by atoms with Crippen molar-refractivity contribution in [2.45, 2.75) is 13.5 Å². The quantitative estimate of drug-likeness (QED) is 0.821. The van der Waals surface area contributed by atoms with E-state index in [9.17, 15) is 9.18 Å². The van der Waals surface area contributed by atoms with Crippen LogP contribution in [-0.2, 0) is 13.6 Å². The average Bonchev–Trinajstić information content (AvgIpc) is 2.76. The van der Waals surface area contributed by atoms with Crippen LogP contribution in [0.1, 0.15) is 21.6 Å². The van der Waals surface area contributed by atoms with Crippen molar-refractivity contribution in [3.8, 4) is 0 Å². The molecule has 5 nitrogen and oxygen atoms in total. The lowest BCUT2D eigenvalue weighted by Crippen LogP contribution is -2.24. The summed E-state index contributed by atoms with van der Waals surface area (Å²) in [5.41, 5.74) is 6.98. The molecule has 0 saturated carbocycles. The number of hydrogen-bond acceptors (Lipinski definition) is 3. The van der Waals surface area contributed by atoms with Gasteiger partial charge < -0.3 is 11.1 Å². The predicted molar refractivity (Wildman–Crippen MR) is 69.9 cm³/mol. The highest BCUT2D eigenvalue weighted by molar-refractivity contribution is 5.95. The number of anilines is 1. The van der Waals surface area contributed by atoms with E-state index in [1.165, 1.54) is 12.1 Å². The van der Waals surface area contributed by atoms with E-state index in [-0.39, 0.29) is 12.1 Å². The largest absolute Gasteiger partial charge is 0.399 e. The molecule has 0 atom stereocenters. The standard InChI is InChI=1S/C13H15FN4O/c1-8-5-9(15)6-11(12(8)14)13(19)16-7-10-3-4-18(2)17-10/h3-6H,7,15H2,1-2H3,(H,16,19). The van der Waals surface area contributed by atoms with E-state index >= 15 is 0 Å². The van der Waals surface area contributed by atoms with Crippen molar-refractivity contribution in [2.75, 3.05) is 5.73 Å². The number of carbonyl (C=O) groups excluding carboxylic acids is 1. The number of nitrogens with one attached hydrogen (secondary N) is 1. The fourth-order valence-corrected chi connectivity index (χ4v) is 1.79. The van der Waals surface area contributed by atoms with Gasteiger partial charge in [0.05, 0.1) is 17.8 Å². The van der Waals surface area contributed by atoms with Gasteiger partial charge in [-0.1, -0.05) is 0 Å². The molecule has 0 bridgehead atoms. The van der Waals surface area contributed by atoms with Crippen LogP contribution in [0.3, 0.4) is 0 Å². The minimum atomic E-state index is -0.548. The van der Waals surface area contributed by atoms with E-state index in [2.05, 4.69) is 10.4 Å². The maximum Gasteiger partial charge on any atom is 0.254 e. The highest BCUT2D eigenvalue weighted by Gasteiger charge is 2.14. The average molecular weight is 262 g/mol. The second-order valence-corrected chi connectivity index (χ2v) is 4.36. The van der Waals surface area contributed by atoms with Gasteiger partial charge >= 0.3 is 0 Å². The molecule has 0 fully saturated rings. The van der Waals surface area contributed by atoms with E-state index in [1.807, 2.05) is 0 Å². The molecule has 100 valence electrons. The number of nitrogens with two attached hydrogens (primary N) is 1. The number of nitrogens with zero attached hydrogens (tertiary/aromatic N) is 2. The smallest absolute Gasteiger partial charge is 0.254 e. The molecule has 0 aliphatic rings. The third kappa shape index (κ3) is 2.90. The van der Waals surface area contributed by atoms with E-state index in [0.29, 0.717) is 16.9 Å². The van der Waals surface area contributed by atoms with Gasteiger partial charge in [0.1, 0.15) is 5.82 Å². The summed E-state index contributed by atoms with van der Waals surface area (Å²) >= 11 is 0. The van der Waals surface area contributed by atoms with Crippen molar-refractivity contribution >= 4 is 11.6 Å². The topological polar surface area (TPSA) is 72.9 Å².